The molecular weight excluding hydrogens is 366 g/mol. The van der Waals surface area contributed by atoms with Crippen LogP contribution >= 0.6 is 0 Å². The molecule has 0 bridgehead atoms. The van der Waals surface area contributed by atoms with Gasteiger partial charge in [-0.1, -0.05) is 78.9 Å². The molecule has 0 aliphatic rings. The van der Waals surface area contributed by atoms with Crippen LogP contribution in [0.1, 0.15) is 5.56 Å². The van der Waals surface area contributed by atoms with Crippen molar-refractivity contribution in [1.29, 1.82) is 0 Å². The highest BCUT2D eigenvalue weighted by Crippen LogP contribution is 2.35. The van der Waals surface area contributed by atoms with Crippen LogP contribution in [0.3, 0.4) is 0 Å². The van der Waals surface area contributed by atoms with E-state index in [4.69, 9.17) is 4.98 Å². The van der Waals surface area contributed by atoms with Crippen LogP contribution in [0.15, 0.2) is 116 Å². The maximum absolute atomic E-state index is 4.73. The summed E-state index contributed by atoms with van der Waals surface area (Å²) in [5.74, 6) is 0. The summed E-state index contributed by atoms with van der Waals surface area (Å²) in [6.45, 7) is 0.773. The van der Waals surface area contributed by atoms with Crippen LogP contribution in [0.4, 0.5) is 0 Å². The summed E-state index contributed by atoms with van der Waals surface area (Å²) in [5, 5.41) is 0. The van der Waals surface area contributed by atoms with Crippen molar-refractivity contribution in [2.45, 2.75) is 6.54 Å². The monoisotopic (exact) mass is 387 g/mol. The van der Waals surface area contributed by atoms with Gasteiger partial charge in [0.2, 0.25) is 0 Å². The minimum atomic E-state index is 0.773. The van der Waals surface area contributed by atoms with E-state index in [0.717, 1.165) is 23.4 Å². The second-order valence-electron chi connectivity index (χ2n) is 7.28. The number of pyridine rings is 1. The van der Waals surface area contributed by atoms with Gasteiger partial charge in [0.05, 0.1) is 12.0 Å². The molecule has 30 heavy (non-hydrogen) atoms. The largest absolute Gasteiger partial charge is 0.333 e. The first-order valence-electron chi connectivity index (χ1n) is 10.0. The molecule has 0 aliphatic carbocycles. The van der Waals surface area contributed by atoms with Crippen molar-refractivity contribution in [3.63, 3.8) is 0 Å². The molecule has 0 atom stereocenters. The topological polar surface area (TPSA) is 30.7 Å². The third-order valence-corrected chi connectivity index (χ3v) is 5.23. The molecule has 0 amide bonds. The van der Waals surface area contributed by atoms with Crippen LogP contribution in [0.25, 0.3) is 33.5 Å². The van der Waals surface area contributed by atoms with Gasteiger partial charge in [-0.25, -0.2) is 4.98 Å². The van der Waals surface area contributed by atoms with Gasteiger partial charge in [0, 0.05) is 30.7 Å². The summed E-state index contributed by atoms with van der Waals surface area (Å²) in [5.41, 5.74) is 8.09. The van der Waals surface area contributed by atoms with Gasteiger partial charge in [0.15, 0.2) is 0 Å². The van der Waals surface area contributed by atoms with Crippen molar-refractivity contribution in [2.24, 2.45) is 0 Å². The Bertz CT molecular complexity index is 1230. The number of nitrogens with zero attached hydrogens (tertiary/aromatic N) is 3. The van der Waals surface area contributed by atoms with Crippen LogP contribution in [-0.2, 0) is 6.54 Å². The summed E-state index contributed by atoms with van der Waals surface area (Å²) in [6, 6.07) is 31.9. The highest BCUT2D eigenvalue weighted by atomic mass is 15.0. The van der Waals surface area contributed by atoms with E-state index in [2.05, 4.69) is 96.0 Å². The van der Waals surface area contributed by atoms with E-state index in [9.17, 15) is 0 Å². The Morgan fingerprint density at radius 1 is 0.667 bits per heavy atom. The van der Waals surface area contributed by atoms with Crippen LogP contribution in [-0.4, -0.2) is 14.5 Å². The Labute approximate surface area is 176 Å². The Morgan fingerprint density at radius 2 is 1.40 bits per heavy atom. The standard InChI is InChI=1S/C27H21N3/c1-3-7-22(8-4-1)25-13-12-24(17-26(25)23-9-5-2-6-10-23)27-14-11-21(18-29-27)19-30-16-15-28-20-30/h1-18,20H,19H2. The fraction of sp³-hybridized carbons (Fsp3) is 0.0370. The van der Waals surface area contributed by atoms with Crippen LogP contribution in [0.5, 0.6) is 0 Å². The zero-order chi connectivity index (χ0) is 20.2. The van der Waals surface area contributed by atoms with Crippen molar-refractivity contribution < 1.29 is 0 Å². The molecule has 2 heterocycles. The number of benzene rings is 3. The molecule has 0 aliphatic heterocycles. The number of hydrogen-bond acceptors (Lipinski definition) is 2. The van der Waals surface area contributed by atoms with Crippen LogP contribution in [0.2, 0.25) is 0 Å². The van der Waals surface area contributed by atoms with Gasteiger partial charge in [-0.3, -0.25) is 4.98 Å². The Kier molecular flexibility index (Phi) is 4.93. The molecule has 2 aromatic heterocycles. The predicted molar refractivity (Wildman–Crippen MR) is 122 cm³/mol. The van der Waals surface area contributed by atoms with Gasteiger partial charge in [-0.2, -0.15) is 0 Å². The SMILES string of the molecule is c1ccc(-c2ccc(-c3ccc(Cn4ccnc4)cn3)cc2-c2ccccc2)cc1. The van der Waals surface area contributed by atoms with Crippen molar-refractivity contribution in [3.05, 3.63) is 121 Å². The second kappa shape index (κ2) is 8.18. The maximum atomic E-state index is 4.73. The lowest BCUT2D eigenvalue weighted by Crippen LogP contribution is -1.97. The fourth-order valence-corrected chi connectivity index (χ4v) is 3.71. The third-order valence-electron chi connectivity index (χ3n) is 5.23. The number of hydrogen-bond donors (Lipinski definition) is 0. The third kappa shape index (κ3) is 3.78. The highest BCUT2D eigenvalue weighted by Gasteiger charge is 2.10. The van der Waals surface area contributed by atoms with E-state index in [1.54, 1.807) is 6.20 Å². The smallest absolute Gasteiger partial charge is 0.0949 e. The number of rotatable bonds is 5. The molecule has 0 fully saturated rings. The van der Waals surface area contributed by atoms with Crippen LogP contribution < -0.4 is 0 Å². The van der Waals surface area contributed by atoms with E-state index < -0.39 is 0 Å². The molecule has 0 unspecified atom stereocenters. The summed E-state index contributed by atoms with van der Waals surface area (Å²) in [6.07, 6.45) is 7.52. The van der Waals surface area contributed by atoms with Crippen molar-refractivity contribution in [2.75, 3.05) is 0 Å². The van der Waals surface area contributed by atoms with Crippen molar-refractivity contribution in [3.8, 4) is 33.5 Å². The van der Waals surface area contributed by atoms with Gasteiger partial charge in [-0.15, -0.1) is 0 Å². The normalized spacial score (nSPS) is 10.8. The first kappa shape index (κ1) is 18.1. The fourth-order valence-electron chi connectivity index (χ4n) is 3.71. The lowest BCUT2D eigenvalue weighted by atomic mass is 9.92. The van der Waals surface area contributed by atoms with E-state index in [-0.39, 0.29) is 0 Å². The number of aromatic nitrogens is 3. The Morgan fingerprint density at radius 3 is 2.03 bits per heavy atom. The van der Waals surface area contributed by atoms with Crippen molar-refractivity contribution >= 4 is 0 Å². The Balaban J connectivity index is 1.53. The maximum Gasteiger partial charge on any atom is 0.0949 e. The Hall–Kier alpha value is -3.98. The van der Waals surface area contributed by atoms with E-state index in [0.29, 0.717) is 0 Å². The van der Waals surface area contributed by atoms with E-state index >= 15 is 0 Å². The summed E-state index contributed by atoms with van der Waals surface area (Å²) in [7, 11) is 0. The lowest BCUT2D eigenvalue weighted by molar-refractivity contribution is 0.793. The minimum absolute atomic E-state index is 0.773. The average Bonchev–Trinajstić information content (AvgIpc) is 3.33. The van der Waals surface area contributed by atoms with Gasteiger partial charge < -0.3 is 4.57 Å². The van der Waals surface area contributed by atoms with Gasteiger partial charge in [0.1, 0.15) is 0 Å². The zero-order valence-corrected chi connectivity index (χ0v) is 16.5. The molecule has 3 nitrogen and oxygen atoms in total. The molecule has 3 heteroatoms. The summed E-state index contributed by atoms with van der Waals surface area (Å²) in [4.78, 5) is 8.83. The molecule has 0 saturated heterocycles. The lowest BCUT2D eigenvalue weighted by Gasteiger charge is -2.13. The average molecular weight is 387 g/mol. The molecule has 0 radical (unpaired) electrons. The minimum Gasteiger partial charge on any atom is -0.333 e. The molecule has 0 saturated carbocycles. The van der Waals surface area contributed by atoms with Gasteiger partial charge >= 0.3 is 0 Å². The first-order chi connectivity index (χ1) is 14.9. The predicted octanol–water partition coefficient (Wildman–Crippen LogP) is 6.33. The van der Waals surface area contributed by atoms with E-state index in [1.165, 1.54) is 22.3 Å². The summed E-state index contributed by atoms with van der Waals surface area (Å²) < 4.78 is 2.04. The molecule has 144 valence electrons. The molecule has 3 aromatic carbocycles. The number of imidazole rings is 1. The van der Waals surface area contributed by atoms with Crippen LogP contribution in [0, 0.1) is 0 Å². The molecule has 5 rings (SSSR count). The van der Waals surface area contributed by atoms with Gasteiger partial charge in [0.25, 0.3) is 0 Å². The molecular formula is C27H21N3. The quantitative estimate of drug-likeness (QED) is 0.353. The van der Waals surface area contributed by atoms with E-state index in [1.807, 2.05) is 23.3 Å². The van der Waals surface area contributed by atoms with Gasteiger partial charge in [-0.05, 0) is 39.9 Å². The zero-order valence-electron chi connectivity index (χ0n) is 16.5. The summed E-state index contributed by atoms with van der Waals surface area (Å²) >= 11 is 0. The first-order valence-corrected chi connectivity index (χ1v) is 10.0. The molecule has 5 aromatic rings. The highest BCUT2D eigenvalue weighted by molar-refractivity contribution is 5.86. The second-order valence-corrected chi connectivity index (χ2v) is 7.28. The molecule has 0 spiro atoms. The van der Waals surface area contributed by atoms with Crippen molar-refractivity contribution in [1.82, 2.24) is 14.5 Å². The molecule has 0 N–H and O–H groups in total.